The van der Waals surface area contributed by atoms with Gasteiger partial charge in [0.2, 0.25) is 0 Å². The zero-order chi connectivity index (χ0) is 13.8. The van der Waals surface area contributed by atoms with Crippen LogP contribution in [0.2, 0.25) is 0 Å². The lowest BCUT2D eigenvalue weighted by atomic mass is 10.0. The quantitative estimate of drug-likeness (QED) is 0.740. The molecule has 3 rings (SSSR count). The van der Waals surface area contributed by atoms with E-state index in [0.29, 0.717) is 6.61 Å². The van der Waals surface area contributed by atoms with Gasteiger partial charge in [-0.25, -0.2) is 0 Å². The van der Waals surface area contributed by atoms with Crippen molar-refractivity contribution < 1.29 is 23.7 Å². The van der Waals surface area contributed by atoms with E-state index in [1.807, 2.05) is 27.7 Å². The van der Waals surface area contributed by atoms with E-state index in [2.05, 4.69) is 0 Å². The average Bonchev–Trinajstić information content (AvgIpc) is 2.87. The molecule has 3 saturated heterocycles. The maximum absolute atomic E-state index is 5.94. The molecule has 0 aromatic carbocycles. The lowest BCUT2D eigenvalue weighted by Crippen LogP contribution is -2.34. The van der Waals surface area contributed by atoms with Gasteiger partial charge in [0.15, 0.2) is 17.9 Å². The number of hydrogen-bond donors (Lipinski definition) is 0. The molecule has 3 heterocycles. The topological polar surface area (TPSA) is 46.2 Å². The van der Waals surface area contributed by atoms with Crippen molar-refractivity contribution in [2.75, 3.05) is 6.61 Å². The van der Waals surface area contributed by atoms with E-state index >= 15 is 0 Å². The lowest BCUT2D eigenvalue weighted by molar-refractivity contribution is -0.215. The fourth-order valence-corrected chi connectivity index (χ4v) is 2.98. The van der Waals surface area contributed by atoms with E-state index in [1.54, 1.807) is 0 Å². The molecule has 0 amide bonds. The summed E-state index contributed by atoms with van der Waals surface area (Å²) in [5.74, 6) is -1.25. The first-order chi connectivity index (χ1) is 8.81. The zero-order valence-electron chi connectivity index (χ0n) is 11.5. The molecule has 0 unspecified atom stereocenters. The monoisotopic (exact) mass is 290 g/mol. The standard InChI is InChI=1S/C13H19ClO5/c1-12(2)15-6-8(17-12)9-7(5-14)10-11(16-9)19-13(3,4)18-10/h5,8-11H,6H2,1-4H3/b7-5+/t8-,9+,10-,11-/m1/s1. The molecular formula is C13H19ClO5. The van der Waals surface area contributed by atoms with Crippen LogP contribution in [0.15, 0.2) is 11.1 Å². The summed E-state index contributed by atoms with van der Waals surface area (Å²) in [6.45, 7) is 7.93. The highest BCUT2D eigenvalue weighted by atomic mass is 35.5. The van der Waals surface area contributed by atoms with Crippen molar-refractivity contribution in [3.8, 4) is 0 Å². The Morgan fingerprint density at radius 3 is 2.37 bits per heavy atom. The van der Waals surface area contributed by atoms with Crippen molar-refractivity contribution >= 4 is 11.6 Å². The van der Waals surface area contributed by atoms with Gasteiger partial charge < -0.3 is 23.7 Å². The molecule has 3 aliphatic heterocycles. The van der Waals surface area contributed by atoms with Crippen LogP contribution in [0.1, 0.15) is 27.7 Å². The first-order valence-corrected chi connectivity index (χ1v) is 6.88. The van der Waals surface area contributed by atoms with Crippen molar-refractivity contribution in [1.29, 1.82) is 0 Å². The molecule has 0 radical (unpaired) electrons. The van der Waals surface area contributed by atoms with Gasteiger partial charge in [-0.15, -0.1) is 0 Å². The highest BCUT2D eigenvalue weighted by molar-refractivity contribution is 6.25. The lowest BCUT2D eigenvalue weighted by Gasteiger charge is -2.25. The summed E-state index contributed by atoms with van der Waals surface area (Å²) in [4.78, 5) is 0. The number of rotatable bonds is 1. The molecular weight excluding hydrogens is 272 g/mol. The highest BCUT2D eigenvalue weighted by Gasteiger charge is 2.55. The van der Waals surface area contributed by atoms with Crippen LogP contribution in [0, 0.1) is 0 Å². The third kappa shape index (κ3) is 2.44. The summed E-state index contributed by atoms with van der Waals surface area (Å²) in [6.07, 6.45) is -1.19. The fraction of sp³-hybridized carbons (Fsp3) is 0.846. The first kappa shape index (κ1) is 13.8. The molecule has 0 aromatic rings. The van der Waals surface area contributed by atoms with Crippen LogP contribution in [0.4, 0.5) is 0 Å². The van der Waals surface area contributed by atoms with Gasteiger partial charge in [0, 0.05) is 11.1 Å². The van der Waals surface area contributed by atoms with Crippen molar-refractivity contribution in [2.24, 2.45) is 0 Å². The molecule has 3 aliphatic rings. The molecule has 108 valence electrons. The normalized spacial score (nSPS) is 45.8. The minimum Gasteiger partial charge on any atom is -0.348 e. The molecule has 0 N–H and O–H groups in total. The maximum atomic E-state index is 5.94. The van der Waals surface area contributed by atoms with Crippen molar-refractivity contribution in [3.05, 3.63) is 11.1 Å². The Labute approximate surface area is 117 Å². The summed E-state index contributed by atoms with van der Waals surface area (Å²) >= 11 is 5.94. The van der Waals surface area contributed by atoms with Gasteiger partial charge >= 0.3 is 0 Å². The fourth-order valence-electron chi connectivity index (χ4n) is 2.73. The molecule has 0 aliphatic carbocycles. The molecule has 3 fully saturated rings. The SMILES string of the molecule is CC1(C)O[C@H]2O[C@H]([C@H]3COC(C)(C)O3)/C(=C\Cl)[C@H]2O1. The molecule has 0 aromatic heterocycles. The Morgan fingerprint density at radius 1 is 1.05 bits per heavy atom. The Bertz CT molecular complexity index is 406. The largest absolute Gasteiger partial charge is 0.348 e. The Morgan fingerprint density at radius 2 is 1.79 bits per heavy atom. The van der Waals surface area contributed by atoms with Crippen LogP contribution in [0.3, 0.4) is 0 Å². The van der Waals surface area contributed by atoms with E-state index in [4.69, 9.17) is 35.3 Å². The van der Waals surface area contributed by atoms with Gasteiger partial charge in [-0.05, 0) is 27.7 Å². The molecule has 0 bridgehead atoms. The summed E-state index contributed by atoms with van der Waals surface area (Å²) in [5.41, 5.74) is 2.36. The van der Waals surface area contributed by atoms with Crippen LogP contribution < -0.4 is 0 Å². The van der Waals surface area contributed by atoms with Gasteiger partial charge in [-0.1, -0.05) is 11.6 Å². The Kier molecular flexibility index (Phi) is 3.20. The third-order valence-corrected chi connectivity index (χ3v) is 3.74. The van der Waals surface area contributed by atoms with Crippen molar-refractivity contribution in [3.63, 3.8) is 0 Å². The van der Waals surface area contributed by atoms with Crippen LogP contribution in [-0.2, 0) is 23.7 Å². The van der Waals surface area contributed by atoms with E-state index in [0.717, 1.165) is 5.57 Å². The van der Waals surface area contributed by atoms with E-state index in [1.165, 1.54) is 5.54 Å². The minimum atomic E-state index is -0.655. The smallest absolute Gasteiger partial charge is 0.191 e. The molecule has 5 nitrogen and oxygen atoms in total. The van der Waals surface area contributed by atoms with Gasteiger partial charge in [0.1, 0.15) is 18.3 Å². The van der Waals surface area contributed by atoms with Gasteiger partial charge in [-0.2, -0.15) is 0 Å². The first-order valence-electron chi connectivity index (χ1n) is 6.44. The van der Waals surface area contributed by atoms with Crippen molar-refractivity contribution in [1.82, 2.24) is 0 Å². The molecule has 4 atom stereocenters. The molecule has 0 spiro atoms. The zero-order valence-corrected chi connectivity index (χ0v) is 12.3. The molecule has 6 heteroatoms. The summed E-state index contributed by atoms with van der Waals surface area (Å²) in [7, 11) is 0. The van der Waals surface area contributed by atoms with Crippen LogP contribution >= 0.6 is 11.6 Å². The molecule has 0 saturated carbocycles. The van der Waals surface area contributed by atoms with Crippen LogP contribution in [0.5, 0.6) is 0 Å². The predicted molar refractivity (Wildman–Crippen MR) is 67.5 cm³/mol. The summed E-state index contributed by atoms with van der Waals surface area (Å²) in [5, 5.41) is 0. The predicted octanol–water partition coefficient (Wildman–Crippen LogP) is 2.14. The number of fused-ring (bicyclic) bond motifs is 1. The number of halogens is 1. The minimum absolute atomic E-state index is 0.194. The van der Waals surface area contributed by atoms with Gasteiger partial charge in [-0.3, -0.25) is 0 Å². The third-order valence-electron chi connectivity index (χ3n) is 3.49. The summed E-state index contributed by atoms with van der Waals surface area (Å²) < 4.78 is 28.8. The Hall–Kier alpha value is -0.170. The van der Waals surface area contributed by atoms with Gasteiger partial charge in [0.05, 0.1) is 6.61 Å². The van der Waals surface area contributed by atoms with E-state index < -0.39 is 17.9 Å². The second-order valence-electron chi connectivity index (χ2n) is 5.96. The van der Waals surface area contributed by atoms with Crippen LogP contribution in [0.25, 0.3) is 0 Å². The van der Waals surface area contributed by atoms with Crippen LogP contribution in [-0.4, -0.2) is 42.8 Å². The van der Waals surface area contributed by atoms with Gasteiger partial charge in [0.25, 0.3) is 0 Å². The van der Waals surface area contributed by atoms with E-state index in [-0.39, 0.29) is 18.3 Å². The average molecular weight is 291 g/mol. The van der Waals surface area contributed by atoms with Crippen molar-refractivity contribution in [2.45, 2.75) is 63.9 Å². The Balaban J connectivity index is 1.76. The number of ether oxygens (including phenoxy) is 5. The maximum Gasteiger partial charge on any atom is 0.191 e. The number of hydrogen-bond acceptors (Lipinski definition) is 5. The van der Waals surface area contributed by atoms with E-state index in [9.17, 15) is 0 Å². The second-order valence-corrected chi connectivity index (χ2v) is 6.18. The highest BCUT2D eigenvalue weighted by Crippen LogP contribution is 2.43. The summed E-state index contributed by atoms with van der Waals surface area (Å²) in [6, 6.07) is 0. The molecule has 19 heavy (non-hydrogen) atoms. The second kappa shape index (κ2) is 4.41.